The van der Waals surface area contributed by atoms with Crippen LogP contribution >= 0.6 is 0 Å². The Balaban J connectivity index is 2.73. The molecule has 0 aromatic rings. The summed E-state index contributed by atoms with van der Waals surface area (Å²) >= 11 is 0. The second-order valence-corrected chi connectivity index (χ2v) is 14.0. The van der Waals surface area contributed by atoms with E-state index in [1.54, 1.807) is 0 Å². The van der Waals surface area contributed by atoms with E-state index >= 15 is 0 Å². The molecule has 0 saturated heterocycles. The van der Waals surface area contributed by atoms with Crippen LogP contribution in [0.5, 0.6) is 0 Å². The van der Waals surface area contributed by atoms with Crippen LogP contribution in [0.4, 0.5) is 0 Å². The Morgan fingerprint density at radius 3 is 1.13 bits per heavy atom. The van der Waals surface area contributed by atoms with Crippen molar-refractivity contribution < 1.29 is 10.2 Å². The Hall–Kier alpha value is -1.12. The van der Waals surface area contributed by atoms with Crippen molar-refractivity contribution in [2.45, 2.75) is 102 Å². The minimum atomic E-state index is -0.610. The molecule has 0 spiro atoms. The average Bonchev–Trinajstić information content (AvgIpc) is 2.54. The molecule has 4 unspecified atom stereocenters. The molecule has 0 saturated carbocycles. The van der Waals surface area contributed by atoms with Crippen molar-refractivity contribution in [3.63, 3.8) is 0 Å². The number of allylic oxidation sites excluding steroid dienone is 4. The van der Waals surface area contributed by atoms with Gasteiger partial charge in [0.15, 0.2) is 0 Å². The lowest BCUT2D eigenvalue weighted by Gasteiger charge is -2.59. The summed E-state index contributed by atoms with van der Waals surface area (Å²) in [5, 5.41) is 23.9. The van der Waals surface area contributed by atoms with Crippen molar-refractivity contribution in [3.05, 3.63) is 47.6 Å². The molecular formula is C29H48O2. The van der Waals surface area contributed by atoms with Gasteiger partial charge in [0.05, 0.1) is 12.2 Å². The summed E-state index contributed by atoms with van der Waals surface area (Å²) in [6, 6.07) is 0. The lowest BCUT2D eigenvalue weighted by molar-refractivity contribution is -0.0918. The number of rotatable bonds is 2. The minimum absolute atomic E-state index is 0.132. The first-order chi connectivity index (χ1) is 13.7. The summed E-state index contributed by atoms with van der Waals surface area (Å²) in [5.41, 5.74) is 0.433. The van der Waals surface area contributed by atoms with Crippen LogP contribution in [-0.2, 0) is 0 Å². The van der Waals surface area contributed by atoms with Crippen molar-refractivity contribution in [2.75, 3.05) is 0 Å². The molecule has 2 N–H and O–H groups in total. The second kappa shape index (κ2) is 7.73. The largest absolute Gasteiger partial charge is 0.388 e. The first-order valence-electron chi connectivity index (χ1n) is 11.9. The van der Waals surface area contributed by atoms with E-state index in [1.807, 2.05) is 0 Å². The van der Waals surface area contributed by atoms with E-state index in [9.17, 15) is 10.2 Å². The third-order valence-corrected chi connectivity index (χ3v) is 8.01. The Morgan fingerprint density at radius 2 is 0.903 bits per heavy atom. The van der Waals surface area contributed by atoms with Crippen LogP contribution in [0.3, 0.4) is 0 Å². The number of hydrogen-bond donors (Lipinski definition) is 2. The van der Waals surface area contributed by atoms with E-state index in [1.165, 1.54) is 0 Å². The third kappa shape index (κ3) is 4.40. The molecule has 0 aliphatic heterocycles. The predicted octanol–water partition coefficient (Wildman–Crippen LogP) is 7.25. The van der Waals surface area contributed by atoms with E-state index in [2.05, 4.69) is 120 Å². The normalized spacial score (nSPS) is 32.7. The summed E-state index contributed by atoms with van der Waals surface area (Å²) in [4.78, 5) is 0. The quantitative estimate of drug-likeness (QED) is 0.486. The molecule has 0 aromatic heterocycles. The molecule has 2 nitrogen and oxygen atoms in total. The van der Waals surface area contributed by atoms with Gasteiger partial charge in [-0.3, -0.25) is 0 Å². The van der Waals surface area contributed by atoms with Gasteiger partial charge in [0, 0.05) is 10.8 Å². The molecular weight excluding hydrogens is 380 g/mol. The molecule has 0 bridgehead atoms. The molecule has 2 rings (SSSR count). The lowest BCUT2D eigenvalue weighted by Crippen LogP contribution is -2.57. The standard InChI is InChI=1S/C29H48O2/c1-24(2,3)20-15-13-17-28(22(20)30,26(7,8)9)19-29(27(10,11)12)18-14-16-21(23(29)31)25(4,5)6/h13-18,22-23,30-31H,19H2,1-12H3. The summed E-state index contributed by atoms with van der Waals surface area (Å²) in [6.07, 6.45) is 12.3. The van der Waals surface area contributed by atoms with Gasteiger partial charge in [0.2, 0.25) is 0 Å². The Morgan fingerprint density at radius 1 is 0.613 bits per heavy atom. The molecule has 0 heterocycles. The Labute approximate surface area is 192 Å². The smallest absolute Gasteiger partial charge is 0.0854 e. The topological polar surface area (TPSA) is 40.5 Å². The fourth-order valence-corrected chi connectivity index (χ4v) is 5.53. The van der Waals surface area contributed by atoms with Crippen molar-refractivity contribution >= 4 is 0 Å². The van der Waals surface area contributed by atoms with Crippen LogP contribution < -0.4 is 0 Å². The van der Waals surface area contributed by atoms with Crippen LogP contribution in [0.2, 0.25) is 0 Å². The van der Waals surface area contributed by atoms with E-state index in [0.29, 0.717) is 6.42 Å². The molecule has 0 radical (unpaired) electrons. The zero-order valence-electron chi connectivity index (χ0n) is 22.2. The van der Waals surface area contributed by atoms with Crippen molar-refractivity contribution in [1.82, 2.24) is 0 Å². The van der Waals surface area contributed by atoms with Gasteiger partial charge in [-0.25, -0.2) is 0 Å². The number of aliphatic hydroxyl groups excluding tert-OH is 2. The van der Waals surface area contributed by atoms with Crippen LogP contribution in [0.1, 0.15) is 89.5 Å². The van der Waals surface area contributed by atoms with Gasteiger partial charge in [-0.15, -0.1) is 0 Å². The van der Waals surface area contributed by atoms with Gasteiger partial charge in [0.25, 0.3) is 0 Å². The van der Waals surface area contributed by atoms with Gasteiger partial charge in [-0.2, -0.15) is 0 Å². The molecule has 4 atom stereocenters. The Kier molecular flexibility index (Phi) is 6.52. The van der Waals surface area contributed by atoms with Gasteiger partial charge in [0.1, 0.15) is 0 Å². The van der Waals surface area contributed by atoms with Crippen molar-refractivity contribution in [1.29, 1.82) is 0 Å². The van der Waals surface area contributed by atoms with Gasteiger partial charge in [-0.05, 0) is 39.2 Å². The van der Waals surface area contributed by atoms with Gasteiger partial charge in [-0.1, -0.05) is 120 Å². The fraction of sp³-hybridized carbons (Fsp3) is 0.724. The molecule has 2 heteroatoms. The monoisotopic (exact) mass is 428 g/mol. The van der Waals surface area contributed by atoms with E-state index < -0.39 is 23.0 Å². The lowest BCUT2D eigenvalue weighted by atomic mass is 9.47. The van der Waals surface area contributed by atoms with Crippen LogP contribution in [0.15, 0.2) is 47.6 Å². The van der Waals surface area contributed by atoms with E-state index in [-0.39, 0.29) is 21.7 Å². The first-order valence-corrected chi connectivity index (χ1v) is 11.9. The maximum absolute atomic E-state index is 11.9. The number of aliphatic hydroxyl groups is 2. The minimum Gasteiger partial charge on any atom is -0.388 e. The van der Waals surface area contributed by atoms with Crippen LogP contribution in [0.25, 0.3) is 0 Å². The maximum atomic E-state index is 11.9. The van der Waals surface area contributed by atoms with Crippen molar-refractivity contribution in [3.8, 4) is 0 Å². The highest BCUT2D eigenvalue weighted by Crippen LogP contribution is 2.62. The molecule has 31 heavy (non-hydrogen) atoms. The SMILES string of the molecule is CC(C)(C)C1=CC=CC(CC2(C(C)(C)C)C=CC=C(C(C)(C)C)C2O)(C(C)(C)C)C1O. The van der Waals surface area contributed by atoms with Crippen LogP contribution in [0, 0.1) is 32.5 Å². The molecule has 2 aliphatic rings. The molecule has 0 amide bonds. The molecule has 176 valence electrons. The predicted molar refractivity (Wildman–Crippen MR) is 134 cm³/mol. The van der Waals surface area contributed by atoms with E-state index in [0.717, 1.165) is 11.1 Å². The highest BCUT2D eigenvalue weighted by molar-refractivity contribution is 5.39. The highest BCUT2D eigenvalue weighted by Gasteiger charge is 2.59. The van der Waals surface area contributed by atoms with E-state index in [4.69, 9.17) is 0 Å². The first kappa shape index (κ1) is 26.1. The summed E-state index contributed by atoms with van der Waals surface area (Å²) in [6.45, 7) is 26.4. The number of hydrogen-bond acceptors (Lipinski definition) is 2. The fourth-order valence-electron chi connectivity index (χ4n) is 5.53. The maximum Gasteiger partial charge on any atom is 0.0854 e. The highest BCUT2D eigenvalue weighted by atomic mass is 16.3. The zero-order chi connectivity index (χ0) is 24.3. The zero-order valence-corrected chi connectivity index (χ0v) is 22.2. The summed E-state index contributed by atoms with van der Waals surface area (Å²) < 4.78 is 0. The molecule has 2 aliphatic carbocycles. The summed E-state index contributed by atoms with van der Waals surface area (Å²) in [7, 11) is 0. The Bertz CT molecular complexity index is 728. The average molecular weight is 429 g/mol. The van der Waals surface area contributed by atoms with Crippen molar-refractivity contribution in [2.24, 2.45) is 32.5 Å². The third-order valence-electron chi connectivity index (χ3n) is 8.01. The molecule has 0 aromatic carbocycles. The second-order valence-electron chi connectivity index (χ2n) is 14.0. The van der Waals surface area contributed by atoms with Gasteiger partial charge >= 0.3 is 0 Å². The summed E-state index contributed by atoms with van der Waals surface area (Å²) in [5.74, 6) is 0. The van der Waals surface area contributed by atoms with Crippen LogP contribution in [-0.4, -0.2) is 22.4 Å². The van der Waals surface area contributed by atoms with Gasteiger partial charge < -0.3 is 10.2 Å². The molecule has 0 fully saturated rings.